The van der Waals surface area contributed by atoms with Gasteiger partial charge in [-0.1, -0.05) is 12.8 Å². The minimum absolute atomic E-state index is 0.323. The Morgan fingerprint density at radius 2 is 2.00 bits per heavy atom. The Morgan fingerprint density at radius 1 is 1.30 bits per heavy atom. The SMILES string of the molecule is COc1ccc(NC2(C(=O)O)CCCCC2OC)cc1. The molecule has 110 valence electrons. The Morgan fingerprint density at radius 3 is 2.55 bits per heavy atom. The summed E-state index contributed by atoms with van der Waals surface area (Å²) in [5.41, 5.74) is -0.293. The zero-order chi connectivity index (χ0) is 14.6. The molecule has 1 aliphatic carbocycles. The van der Waals surface area contributed by atoms with Crippen LogP contribution in [0.25, 0.3) is 0 Å². The lowest BCUT2D eigenvalue weighted by Gasteiger charge is -2.41. The number of aliphatic carboxylic acids is 1. The number of nitrogens with one attached hydrogen (secondary N) is 1. The van der Waals surface area contributed by atoms with Crippen LogP contribution in [0.3, 0.4) is 0 Å². The fourth-order valence-corrected chi connectivity index (χ4v) is 2.83. The Kier molecular flexibility index (Phi) is 4.49. The summed E-state index contributed by atoms with van der Waals surface area (Å²) in [5.74, 6) is -0.119. The second-order valence-electron chi connectivity index (χ2n) is 5.10. The predicted molar refractivity (Wildman–Crippen MR) is 76.2 cm³/mol. The van der Waals surface area contributed by atoms with E-state index < -0.39 is 11.5 Å². The van der Waals surface area contributed by atoms with Gasteiger partial charge in [-0.05, 0) is 37.1 Å². The third-order valence-corrected chi connectivity index (χ3v) is 3.96. The summed E-state index contributed by atoms with van der Waals surface area (Å²) >= 11 is 0. The molecular weight excluding hydrogens is 258 g/mol. The molecule has 2 unspecified atom stereocenters. The standard InChI is InChI=1S/C15H21NO4/c1-19-12-8-6-11(7-9-12)16-15(14(17)18)10-4-3-5-13(15)20-2/h6-9,13,16H,3-5,10H2,1-2H3,(H,17,18). The molecule has 0 spiro atoms. The van der Waals surface area contributed by atoms with E-state index in [0.717, 1.165) is 30.7 Å². The van der Waals surface area contributed by atoms with Crippen LogP contribution >= 0.6 is 0 Å². The van der Waals surface area contributed by atoms with Crippen molar-refractivity contribution in [3.8, 4) is 5.75 Å². The first-order valence-corrected chi connectivity index (χ1v) is 6.81. The van der Waals surface area contributed by atoms with E-state index in [2.05, 4.69) is 5.32 Å². The van der Waals surface area contributed by atoms with Gasteiger partial charge in [0.25, 0.3) is 0 Å². The van der Waals surface area contributed by atoms with Crippen LogP contribution in [-0.2, 0) is 9.53 Å². The van der Waals surface area contributed by atoms with E-state index in [0.29, 0.717) is 6.42 Å². The number of carboxylic acids is 1. The normalized spacial score (nSPS) is 26.0. The molecule has 0 aromatic heterocycles. The minimum atomic E-state index is -1.05. The van der Waals surface area contributed by atoms with E-state index in [1.54, 1.807) is 14.2 Å². The van der Waals surface area contributed by atoms with Gasteiger partial charge in [-0.3, -0.25) is 0 Å². The van der Waals surface area contributed by atoms with Gasteiger partial charge in [0.2, 0.25) is 0 Å². The highest BCUT2D eigenvalue weighted by Crippen LogP contribution is 2.34. The van der Waals surface area contributed by atoms with E-state index in [1.165, 1.54) is 0 Å². The van der Waals surface area contributed by atoms with Gasteiger partial charge in [-0.25, -0.2) is 4.79 Å². The lowest BCUT2D eigenvalue weighted by molar-refractivity contribution is -0.149. The third kappa shape index (κ3) is 2.72. The van der Waals surface area contributed by atoms with Crippen molar-refractivity contribution in [3.05, 3.63) is 24.3 Å². The molecule has 2 N–H and O–H groups in total. The summed E-state index contributed by atoms with van der Waals surface area (Å²) in [6.45, 7) is 0. The van der Waals surface area contributed by atoms with Gasteiger partial charge in [-0.15, -0.1) is 0 Å². The monoisotopic (exact) mass is 279 g/mol. The van der Waals surface area contributed by atoms with E-state index >= 15 is 0 Å². The molecule has 1 aliphatic rings. The summed E-state index contributed by atoms with van der Waals surface area (Å²) < 4.78 is 10.5. The summed E-state index contributed by atoms with van der Waals surface area (Å²) in [7, 11) is 3.17. The average Bonchev–Trinajstić information content (AvgIpc) is 2.48. The van der Waals surface area contributed by atoms with Gasteiger partial charge in [0, 0.05) is 12.8 Å². The second-order valence-corrected chi connectivity index (χ2v) is 5.10. The highest BCUT2D eigenvalue weighted by molar-refractivity contribution is 5.84. The predicted octanol–water partition coefficient (Wildman–Crippen LogP) is 2.52. The Bertz CT molecular complexity index is 459. The molecule has 5 heteroatoms. The lowest BCUT2D eigenvalue weighted by atomic mass is 9.78. The molecule has 0 bridgehead atoms. The van der Waals surface area contributed by atoms with Crippen molar-refractivity contribution >= 4 is 11.7 Å². The lowest BCUT2D eigenvalue weighted by Crippen LogP contribution is -2.58. The number of ether oxygens (including phenoxy) is 2. The summed E-state index contributed by atoms with van der Waals surface area (Å²) in [6.07, 6.45) is 2.88. The number of hydrogen-bond acceptors (Lipinski definition) is 4. The molecule has 1 aromatic carbocycles. The largest absolute Gasteiger partial charge is 0.497 e. The average molecular weight is 279 g/mol. The van der Waals surface area contributed by atoms with Gasteiger partial charge in [-0.2, -0.15) is 0 Å². The summed E-state index contributed by atoms with van der Waals surface area (Å²) in [4.78, 5) is 11.8. The third-order valence-electron chi connectivity index (χ3n) is 3.96. The first-order chi connectivity index (χ1) is 9.62. The van der Waals surface area contributed by atoms with Crippen LogP contribution in [0.4, 0.5) is 5.69 Å². The molecular formula is C15H21NO4. The maximum atomic E-state index is 11.8. The Balaban J connectivity index is 2.25. The molecule has 2 rings (SSSR count). The molecule has 0 radical (unpaired) electrons. The van der Waals surface area contributed by atoms with Gasteiger partial charge < -0.3 is 19.9 Å². The van der Waals surface area contributed by atoms with Crippen molar-refractivity contribution in [1.82, 2.24) is 0 Å². The van der Waals surface area contributed by atoms with Gasteiger partial charge in [0.1, 0.15) is 5.75 Å². The van der Waals surface area contributed by atoms with Crippen LogP contribution in [0.5, 0.6) is 5.75 Å². The molecule has 5 nitrogen and oxygen atoms in total. The van der Waals surface area contributed by atoms with Crippen LogP contribution in [0.15, 0.2) is 24.3 Å². The molecule has 2 atom stereocenters. The van der Waals surface area contributed by atoms with Crippen LogP contribution < -0.4 is 10.1 Å². The van der Waals surface area contributed by atoms with Gasteiger partial charge in [0.15, 0.2) is 5.54 Å². The fraction of sp³-hybridized carbons (Fsp3) is 0.533. The number of carbonyl (C=O) groups is 1. The zero-order valence-electron chi connectivity index (χ0n) is 11.9. The number of methoxy groups -OCH3 is 2. The zero-order valence-corrected chi connectivity index (χ0v) is 11.9. The van der Waals surface area contributed by atoms with E-state index in [-0.39, 0.29) is 6.10 Å². The molecule has 0 amide bonds. The number of carboxylic acid groups (broad SMARTS) is 1. The minimum Gasteiger partial charge on any atom is -0.497 e. The first-order valence-electron chi connectivity index (χ1n) is 6.81. The van der Waals surface area contributed by atoms with Crippen LogP contribution in [0.2, 0.25) is 0 Å². The van der Waals surface area contributed by atoms with E-state index in [1.807, 2.05) is 24.3 Å². The van der Waals surface area contributed by atoms with Crippen molar-refractivity contribution in [2.45, 2.75) is 37.3 Å². The highest BCUT2D eigenvalue weighted by atomic mass is 16.5. The summed E-state index contributed by atoms with van der Waals surface area (Å²) in [6, 6.07) is 7.26. The van der Waals surface area contributed by atoms with Crippen molar-refractivity contribution in [2.75, 3.05) is 19.5 Å². The molecule has 1 aromatic rings. The number of anilines is 1. The highest BCUT2D eigenvalue weighted by Gasteiger charge is 2.48. The number of hydrogen-bond donors (Lipinski definition) is 2. The van der Waals surface area contributed by atoms with E-state index in [4.69, 9.17) is 9.47 Å². The number of benzene rings is 1. The molecule has 0 heterocycles. The van der Waals surface area contributed by atoms with Crippen molar-refractivity contribution in [1.29, 1.82) is 0 Å². The van der Waals surface area contributed by atoms with Crippen LogP contribution in [0.1, 0.15) is 25.7 Å². The quantitative estimate of drug-likeness (QED) is 0.867. The number of rotatable bonds is 5. The smallest absolute Gasteiger partial charge is 0.332 e. The summed E-state index contributed by atoms with van der Waals surface area (Å²) in [5, 5.41) is 12.9. The van der Waals surface area contributed by atoms with Crippen molar-refractivity contribution < 1.29 is 19.4 Å². The van der Waals surface area contributed by atoms with Crippen LogP contribution in [-0.4, -0.2) is 36.9 Å². The van der Waals surface area contributed by atoms with Crippen molar-refractivity contribution in [3.63, 3.8) is 0 Å². The van der Waals surface area contributed by atoms with Gasteiger partial charge >= 0.3 is 5.97 Å². The maximum Gasteiger partial charge on any atom is 0.332 e. The first kappa shape index (κ1) is 14.7. The molecule has 0 aliphatic heterocycles. The van der Waals surface area contributed by atoms with Gasteiger partial charge in [0.05, 0.1) is 13.2 Å². The second kappa shape index (κ2) is 6.13. The van der Waals surface area contributed by atoms with Crippen LogP contribution in [0, 0.1) is 0 Å². The molecule has 20 heavy (non-hydrogen) atoms. The Hall–Kier alpha value is -1.75. The maximum absolute atomic E-state index is 11.8. The topological polar surface area (TPSA) is 67.8 Å². The van der Waals surface area contributed by atoms with Crippen molar-refractivity contribution in [2.24, 2.45) is 0 Å². The Labute approximate surface area is 118 Å². The fourth-order valence-electron chi connectivity index (χ4n) is 2.83. The molecule has 1 fully saturated rings. The molecule has 0 saturated heterocycles. The molecule has 1 saturated carbocycles. The van der Waals surface area contributed by atoms with E-state index in [9.17, 15) is 9.90 Å².